The zero-order chi connectivity index (χ0) is 10.9. The quantitative estimate of drug-likeness (QED) is 0.625. The van der Waals surface area contributed by atoms with Crippen LogP contribution in [0.15, 0.2) is 11.1 Å². The number of hydrogen-bond donors (Lipinski definition) is 0. The fourth-order valence-electron chi connectivity index (χ4n) is 0.925. The summed E-state index contributed by atoms with van der Waals surface area (Å²) in [7, 11) is 0. The van der Waals surface area contributed by atoms with Crippen molar-refractivity contribution in [2.24, 2.45) is 0 Å². The lowest BCUT2D eigenvalue weighted by Crippen LogP contribution is -2.10. The van der Waals surface area contributed by atoms with Gasteiger partial charge in [-0.15, -0.1) is 0 Å². The average molecular weight is 217 g/mol. The molecule has 1 heterocycles. The van der Waals surface area contributed by atoms with Gasteiger partial charge in [0.2, 0.25) is 0 Å². The first-order valence-electron chi connectivity index (χ1n) is 3.52. The van der Waals surface area contributed by atoms with Crippen molar-refractivity contribution in [3.8, 4) is 6.07 Å². The molecule has 0 N–H and O–H groups in total. The van der Waals surface area contributed by atoms with Gasteiger partial charge in [-0.05, 0) is 18.6 Å². The first kappa shape index (κ1) is 10.7. The molecule has 1 rings (SSSR count). The van der Waals surface area contributed by atoms with E-state index in [1.54, 1.807) is 6.07 Å². The number of hydrogen-bond acceptors (Lipinski definition) is 3. The molecule has 0 saturated heterocycles. The average Bonchev–Trinajstić information content (AvgIpc) is 2.01. The molecule has 0 atom stereocenters. The van der Waals surface area contributed by atoms with Gasteiger partial charge in [0.15, 0.2) is 0 Å². The van der Waals surface area contributed by atoms with E-state index in [0.29, 0.717) is 0 Å². The Kier molecular flexibility index (Phi) is 2.62. The molecule has 0 bridgehead atoms. The van der Waals surface area contributed by atoms with Crippen molar-refractivity contribution in [1.82, 2.24) is 4.98 Å². The van der Waals surface area contributed by atoms with Crippen molar-refractivity contribution in [3.05, 3.63) is 22.9 Å². The summed E-state index contributed by atoms with van der Waals surface area (Å²) >= 11 is 4.56. The van der Waals surface area contributed by atoms with Crippen LogP contribution in [0.1, 0.15) is 16.8 Å². The van der Waals surface area contributed by atoms with E-state index in [4.69, 9.17) is 5.26 Å². The van der Waals surface area contributed by atoms with E-state index in [2.05, 4.69) is 17.6 Å². The lowest BCUT2D eigenvalue weighted by Gasteiger charge is -2.14. The van der Waals surface area contributed by atoms with Gasteiger partial charge in [-0.25, -0.2) is 0 Å². The number of halogens is 3. The van der Waals surface area contributed by atoms with E-state index in [9.17, 15) is 13.2 Å². The van der Waals surface area contributed by atoms with Gasteiger partial charge in [0.1, 0.15) is 5.69 Å². The van der Waals surface area contributed by atoms with Gasteiger partial charge < -0.3 is 12.6 Å². The number of nitriles is 1. The molecule has 0 unspecified atom stereocenters. The summed E-state index contributed by atoms with van der Waals surface area (Å²) in [5.41, 5.74) is -0.841. The highest BCUT2D eigenvalue weighted by atomic mass is 32.1. The highest BCUT2D eigenvalue weighted by molar-refractivity contribution is 7.58. The second kappa shape index (κ2) is 3.42. The van der Waals surface area contributed by atoms with Crippen LogP contribution >= 0.6 is 0 Å². The summed E-state index contributed by atoms with van der Waals surface area (Å²) < 4.78 is 36.6. The topological polar surface area (TPSA) is 36.7 Å². The zero-order valence-corrected chi connectivity index (χ0v) is 7.83. The fourth-order valence-corrected chi connectivity index (χ4v) is 1.23. The molecule has 74 valence electrons. The normalized spacial score (nSPS) is 11.1. The monoisotopic (exact) mass is 217 g/mol. The Balaban J connectivity index is 3.37. The van der Waals surface area contributed by atoms with Crippen molar-refractivity contribution in [3.63, 3.8) is 0 Å². The lowest BCUT2D eigenvalue weighted by atomic mass is 10.1. The third-order valence-corrected chi connectivity index (χ3v) is 1.88. The molecule has 0 aliphatic heterocycles. The summed E-state index contributed by atoms with van der Waals surface area (Å²) in [6.07, 6.45) is -4.52. The number of aromatic nitrogens is 1. The maximum Gasteiger partial charge on any atom is 0.433 e. The molecule has 14 heavy (non-hydrogen) atoms. The number of pyridine rings is 1. The standard InChI is InChI=1S/C8H5F3N2S/c1-4-2-6(8(9,10)11)13-7(14)5(4)3-12/h2H,1H3,(H,13,14)/p-1. The maximum atomic E-state index is 12.2. The molecule has 0 aromatic carbocycles. The van der Waals surface area contributed by atoms with Crippen LogP contribution in [0.4, 0.5) is 13.2 Å². The van der Waals surface area contributed by atoms with Crippen LogP contribution in [0.3, 0.4) is 0 Å². The first-order valence-corrected chi connectivity index (χ1v) is 3.93. The third kappa shape index (κ3) is 1.93. The summed E-state index contributed by atoms with van der Waals surface area (Å²) in [6, 6.07) is 2.52. The molecule has 6 heteroatoms. The van der Waals surface area contributed by atoms with E-state index in [1.165, 1.54) is 6.92 Å². The molecular weight excluding hydrogens is 213 g/mol. The Hall–Kier alpha value is -1.35. The third-order valence-electron chi connectivity index (χ3n) is 1.59. The van der Waals surface area contributed by atoms with Crippen molar-refractivity contribution in [2.45, 2.75) is 18.1 Å². The fraction of sp³-hybridized carbons (Fsp3) is 0.250. The van der Waals surface area contributed by atoms with Gasteiger partial charge in [0, 0.05) is 0 Å². The van der Waals surface area contributed by atoms with E-state index in [-0.39, 0.29) is 16.2 Å². The number of aryl methyl sites for hydroxylation is 1. The summed E-state index contributed by atoms with van der Waals surface area (Å²) in [5.74, 6) is 0. The van der Waals surface area contributed by atoms with E-state index in [1.807, 2.05) is 0 Å². The Morgan fingerprint density at radius 2 is 2.07 bits per heavy atom. The maximum absolute atomic E-state index is 12.2. The minimum absolute atomic E-state index is 0.0213. The van der Waals surface area contributed by atoms with Gasteiger partial charge in [-0.3, -0.25) is 4.98 Å². The van der Waals surface area contributed by atoms with Crippen LogP contribution in [-0.4, -0.2) is 4.98 Å². The van der Waals surface area contributed by atoms with Gasteiger partial charge in [-0.1, -0.05) is 5.03 Å². The molecule has 1 aromatic rings. The first-order chi connectivity index (χ1) is 6.36. The number of alkyl halides is 3. The number of rotatable bonds is 0. The molecule has 0 aliphatic carbocycles. The van der Waals surface area contributed by atoms with Crippen LogP contribution in [0.2, 0.25) is 0 Å². The van der Waals surface area contributed by atoms with Crippen LogP contribution in [-0.2, 0) is 18.8 Å². The van der Waals surface area contributed by atoms with E-state index < -0.39 is 11.9 Å². The second-order valence-corrected chi connectivity index (χ2v) is 3.00. The highest BCUT2D eigenvalue weighted by Gasteiger charge is 2.32. The lowest BCUT2D eigenvalue weighted by molar-refractivity contribution is -0.141. The van der Waals surface area contributed by atoms with Crippen molar-refractivity contribution in [2.75, 3.05) is 0 Å². The smallest absolute Gasteiger partial charge is 0.433 e. The molecule has 0 amide bonds. The molecule has 0 radical (unpaired) electrons. The number of nitrogens with zero attached hydrogens (tertiary/aromatic N) is 2. The zero-order valence-electron chi connectivity index (χ0n) is 7.01. The molecular formula is C8H4F3N2S-. The second-order valence-electron chi connectivity index (χ2n) is 2.61. The Labute approximate surface area is 83.8 Å². The molecule has 0 spiro atoms. The summed E-state index contributed by atoms with van der Waals surface area (Å²) in [4.78, 5) is 3.14. The minimum Gasteiger partial charge on any atom is -0.759 e. The van der Waals surface area contributed by atoms with Gasteiger partial charge in [0.25, 0.3) is 0 Å². The van der Waals surface area contributed by atoms with Gasteiger partial charge >= 0.3 is 6.18 Å². The highest BCUT2D eigenvalue weighted by Crippen LogP contribution is 2.29. The van der Waals surface area contributed by atoms with E-state index in [0.717, 1.165) is 6.07 Å². The van der Waals surface area contributed by atoms with Crippen molar-refractivity contribution < 1.29 is 13.2 Å². The molecule has 0 aliphatic rings. The largest absolute Gasteiger partial charge is 0.759 e. The molecule has 2 nitrogen and oxygen atoms in total. The predicted molar refractivity (Wildman–Crippen MR) is 44.3 cm³/mol. The van der Waals surface area contributed by atoms with Crippen molar-refractivity contribution in [1.29, 1.82) is 5.26 Å². The summed E-state index contributed by atoms with van der Waals surface area (Å²) in [5, 5.41) is 8.25. The Bertz CT molecular complexity index is 383. The van der Waals surface area contributed by atoms with Crippen LogP contribution < -0.4 is 0 Å². The van der Waals surface area contributed by atoms with Crippen LogP contribution in [0.25, 0.3) is 0 Å². The summed E-state index contributed by atoms with van der Waals surface area (Å²) in [6.45, 7) is 1.39. The van der Waals surface area contributed by atoms with Gasteiger partial charge in [0.05, 0.1) is 11.6 Å². The molecule has 0 fully saturated rings. The van der Waals surface area contributed by atoms with Gasteiger partial charge in [-0.2, -0.15) is 18.4 Å². The SMILES string of the molecule is Cc1cc(C(F)(F)F)nc([S-])c1C#N. The van der Waals surface area contributed by atoms with E-state index >= 15 is 0 Å². The Morgan fingerprint density at radius 3 is 2.43 bits per heavy atom. The van der Waals surface area contributed by atoms with Crippen LogP contribution in [0, 0.1) is 18.3 Å². The minimum atomic E-state index is -4.52. The van der Waals surface area contributed by atoms with Crippen molar-refractivity contribution >= 4 is 12.6 Å². The molecule has 0 saturated carbocycles. The molecule has 1 aromatic heterocycles. The predicted octanol–water partition coefficient (Wildman–Crippen LogP) is 2.19. The van der Waals surface area contributed by atoms with Crippen LogP contribution in [0.5, 0.6) is 0 Å². The Morgan fingerprint density at radius 1 is 1.50 bits per heavy atom.